The van der Waals surface area contributed by atoms with Gasteiger partial charge in [0.1, 0.15) is 5.82 Å². The molecule has 20 heavy (non-hydrogen) atoms. The standard InChI is InChI=1S/C17H18FNO/c1-3-11-5-6-12(4-2)14(9-11)17(20)13-7-8-15(18)16(19)10-13/h5-10H,3-4,19H2,1-2H3. The number of halogens is 1. The highest BCUT2D eigenvalue weighted by molar-refractivity contribution is 6.10. The number of rotatable bonds is 4. The van der Waals surface area contributed by atoms with E-state index in [4.69, 9.17) is 5.73 Å². The second-order valence-corrected chi connectivity index (χ2v) is 4.76. The van der Waals surface area contributed by atoms with E-state index in [1.807, 2.05) is 32.0 Å². The summed E-state index contributed by atoms with van der Waals surface area (Å²) in [6, 6.07) is 10.0. The number of aryl methyl sites for hydroxylation is 2. The maximum Gasteiger partial charge on any atom is 0.193 e. The molecule has 0 aromatic heterocycles. The summed E-state index contributed by atoms with van der Waals surface area (Å²) in [6.07, 6.45) is 1.65. The van der Waals surface area contributed by atoms with E-state index in [2.05, 4.69) is 0 Å². The van der Waals surface area contributed by atoms with Crippen molar-refractivity contribution in [3.8, 4) is 0 Å². The van der Waals surface area contributed by atoms with Crippen LogP contribution in [0.1, 0.15) is 40.9 Å². The van der Waals surface area contributed by atoms with Gasteiger partial charge < -0.3 is 5.73 Å². The molecule has 0 saturated heterocycles. The Hall–Kier alpha value is -2.16. The molecule has 2 rings (SSSR count). The van der Waals surface area contributed by atoms with Crippen molar-refractivity contribution < 1.29 is 9.18 Å². The molecule has 0 aliphatic rings. The molecule has 2 nitrogen and oxygen atoms in total. The van der Waals surface area contributed by atoms with Crippen LogP contribution in [0.25, 0.3) is 0 Å². The van der Waals surface area contributed by atoms with Crippen LogP contribution in [0.15, 0.2) is 36.4 Å². The fraction of sp³-hybridized carbons (Fsp3) is 0.235. The van der Waals surface area contributed by atoms with E-state index in [9.17, 15) is 9.18 Å². The molecule has 0 unspecified atom stereocenters. The second kappa shape index (κ2) is 5.87. The van der Waals surface area contributed by atoms with Gasteiger partial charge in [0, 0.05) is 11.1 Å². The Morgan fingerprint density at radius 1 is 1.10 bits per heavy atom. The molecule has 104 valence electrons. The highest BCUT2D eigenvalue weighted by Gasteiger charge is 2.14. The van der Waals surface area contributed by atoms with E-state index in [0.29, 0.717) is 11.1 Å². The molecule has 0 radical (unpaired) electrons. The van der Waals surface area contributed by atoms with Crippen LogP contribution in [-0.4, -0.2) is 5.78 Å². The number of carbonyl (C=O) groups excluding carboxylic acids is 1. The van der Waals surface area contributed by atoms with Crippen LogP contribution in [0.2, 0.25) is 0 Å². The molecule has 3 heteroatoms. The van der Waals surface area contributed by atoms with E-state index in [1.165, 1.54) is 18.2 Å². The maximum absolute atomic E-state index is 13.2. The van der Waals surface area contributed by atoms with Crippen LogP contribution in [-0.2, 0) is 12.8 Å². The number of anilines is 1. The van der Waals surface area contributed by atoms with Crippen molar-refractivity contribution in [2.75, 3.05) is 5.73 Å². The van der Waals surface area contributed by atoms with E-state index < -0.39 is 5.82 Å². The molecule has 0 bridgehead atoms. The van der Waals surface area contributed by atoms with Gasteiger partial charge in [0.25, 0.3) is 0 Å². The summed E-state index contributed by atoms with van der Waals surface area (Å²) >= 11 is 0. The first-order valence-electron chi connectivity index (χ1n) is 6.78. The zero-order valence-electron chi connectivity index (χ0n) is 11.7. The van der Waals surface area contributed by atoms with Gasteiger partial charge in [-0.3, -0.25) is 4.79 Å². The second-order valence-electron chi connectivity index (χ2n) is 4.76. The summed E-state index contributed by atoms with van der Waals surface area (Å²) in [5.41, 5.74) is 8.75. The van der Waals surface area contributed by atoms with Gasteiger partial charge in [-0.2, -0.15) is 0 Å². The molecule has 0 atom stereocenters. The van der Waals surface area contributed by atoms with Gasteiger partial charge in [-0.25, -0.2) is 4.39 Å². The van der Waals surface area contributed by atoms with Gasteiger partial charge in [0.15, 0.2) is 5.78 Å². The summed E-state index contributed by atoms with van der Waals surface area (Å²) in [5.74, 6) is -0.608. The van der Waals surface area contributed by atoms with Gasteiger partial charge in [-0.1, -0.05) is 26.0 Å². The molecular weight excluding hydrogens is 253 g/mol. The predicted octanol–water partition coefficient (Wildman–Crippen LogP) is 3.76. The van der Waals surface area contributed by atoms with Gasteiger partial charge in [-0.05, 0) is 48.2 Å². The zero-order valence-corrected chi connectivity index (χ0v) is 11.7. The molecule has 0 heterocycles. The quantitative estimate of drug-likeness (QED) is 0.679. The van der Waals surface area contributed by atoms with E-state index in [0.717, 1.165) is 24.0 Å². The summed E-state index contributed by atoms with van der Waals surface area (Å²) in [7, 11) is 0. The first kappa shape index (κ1) is 14.3. The normalized spacial score (nSPS) is 10.6. The Labute approximate surface area is 118 Å². The molecular formula is C17H18FNO. The van der Waals surface area contributed by atoms with Crippen LogP contribution in [0.4, 0.5) is 10.1 Å². The van der Waals surface area contributed by atoms with Crippen LogP contribution >= 0.6 is 0 Å². The van der Waals surface area contributed by atoms with Crippen LogP contribution in [0.3, 0.4) is 0 Å². The fourth-order valence-electron chi connectivity index (χ4n) is 2.20. The van der Waals surface area contributed by atoms with Crippen LogP contribution in [0.5, 0.6) is 0 Å². The lowest BCUT2D eigenvalue weighted by atomic mass is 9.94. The molecule has 0 spiro atoms. The summed E-state index contributed by atoms with van der Waals surface area (Å²) in [5, 5.41) is 0. The van der Waals surface area contributed by atoms with Crippen LogP contribution < -0.4 is 5.73 Å². The summed E-state index contributed by atoms with van der Waals surface area (Å²) < 4.78 is 13.2. The number of carbonyl (C=O) groups is 1. The SMILES string of the molecule is CCc1ccc(CC)c(C(=O)c2ccc(F)c(N)c2)c1. The molecule has 2 N–H and O–H groups in total. The third-order valence-corrected chi connectivity index (χ3v) is 3.47. The minimum Gasteiger partial charge on any atom is -0.396 e. The van der Waals surface area contributed by atoms with Gasteiger partial charge >= 0.3 is 0 Å². The number of hydrogen-bond acceptors (Lipinski definition) is 2. The molecule has 0 aliphatic heterocycles. The smallest absolute Gasteiger partial charge is 0.193 e. The molecule has 2 aromatic rings. The van der Waals surface area contributed by atoms with Crippen molar-refractivity contribution in [1.82, 2.24) is 0 Å². The van der Waals surface area contributed by atoms with Gasteiger partial charge in [0.2, 0.25) is 0 Å². The largest absolute Gasteiger partial charge is 0.396 e. The topological polar surface area (TPSA) is 43.1 Å². The van der Waals surface area contributed by atoms with Crippen molar-refractivity contribution in [2.45, 2.75) is 26.7 Å². The van der Waals surface area contributed by atoms with Crippen molar-refractivity contribution >= 4 is 11.5 Å². The average Bonchev–Trinajstić information content (AvgIpc) is 2.48. The highest BCUT2D eigenvalue weighted by Crippen LogP contribution is 2.20. The highest BCUT2D eigenvalue weighted by atomic mass is 19.1. The van der Waals surface area contributed by atoms with Crippen LogP contribution in [0, 0.1) is 5.82 Å². The lowest BCUT2D eigenvalue weighted by Gasteiger charge is -2.10. The first-order valence-corrected chi connectivity index (χ1v) is 6.78. The third-order valence-electron chi connectivity index (χ3n) is 3.47. The first-order chi connectivity index (χ1) is 9.56. The number of hydrogen-bond donors (Lipinski definition) is 1. The minimum atomic E-state index is -0.500. The monoisotopic (exact) mass is 271 g/mol. The Morgan fingerprint density at radius 3 is 2.45 bits per heavy atom. The third kappa shape index (κ3) is 2.72. The summed E-state index contributed by atoms with van der Waals surface area (Å²) in [4.78, 5) is 12.6. The Bertz CT molecular complexity index is 649. The van der Waals surface area contributed by atoms with E-state index in [1.54, 1.807) is 0 Å². The minimum absolute atomic E-state index is 0.000504. The molecule has 0 saturated carbocycles. The maximum atomic E-state index is 13.2. The van der Waals surface area contributed by atoms with E-state index in [-0.39, 0.29) is 11.5 Å². The Morgan fingerprint density at radius 2 is 1.85 bits per heavy atom. The van der Waals surface area contributed by atoms with Crippen molar-refractivity contribution in [3.05, 3.63) is 64.5 Å². The lowest BCUT2D eigenvalue weighted by molar-refractivity contribution is 0.103. The Kier molecular flexibility index (Phi) is 4.18. The molecule has 2 aromatic carbocycles. The van der Waals surface area contributed by atoms with Crippen molar-refractivity contribution in [2.24, 2.45) is 0 Å². The lowest BCUT2D eigenvalue weighted by Crippen LogP contribution is -2.07. The van der Waals surface area contributed by atoms with E-state index >= 15 is 0 Å². The molecule has 0 fully saturated rings. The van der Waals surface area contributed by atoms with Crippen molar-refractivity contribution in [1.29, 1.82) is 0 Å². The number of ketones is 1. The fourth-order valence-corrected chi connectivity index (χ4v) is 2.20. The van der Waals surface area contributed by atoms with Gasteiger partial charge in [0.05, 0.1) is 5.69 Å². The van der Waals surface area contributed by atoms with Crippen molar-refractivity contribution in [3.63, 3.8) is 0 Å². The Balaban J connectivity index is 2.48. The number of nitrogens with two attached hydrogens (primary N) is 1. The molecule has 0 aliphatic carbocycles. The summed E-state index contributed by atoms with van der Waals surface area (Å²) in [6.45, 7) is 4.06. The van der Waals surface area contributed by atoms with Gasteiger partial charge in [-0.15, -0.1) is 0 Å². The zero-order chi connectivity index (χ0) is 14.7. The molecule has 0 amide bonds. The number of nitrogen functional groups attached to an aromatic ring is 1. The predicted molar refractivity (Wildman–Crippen MR) is 79.4 cm³/mol. The average molecular weight is 271 g/mol. The number of benzene rings is 2.